The second-order valence-corrected chi connectivity index (χ2v) is 4.19. The molecule has 1 rings (SSSR count). The molecule has 2 heteroatoms. The lowest BCUT2D eigenvalue weighted by Gasteiger charge is -2.05. The highest BCUT2D eigenvalue weighted by molar-refractivity contribution is 9.10. The second kappa shape index (κ2) is 4.17. The molecule has 60 valence electrons. The zero-order valence-corrected chi connectivity index (χ0v) is 9.13. The summed E-state index contributed by atoms with van der Waals surface area (Å²) in [6.07, 6.45) is 2.12. The summed E-state index contributed by atoms with van der Waals surface area (Å²) in [5, 5.41) is 0. The summed E-state index contributed by atoms with van der Waals surface area (Å²) in [5.74, 6) is 1.09. The minimum atomic E-state index is 1.09. The van der Waals surface area contributed by atoms with Gasteiger partial charge in [0.1, 0.15) is 0 Å². The highest BCUT2D eigenvalue weighted by Crippen LogP contribution is 2.23. The average molecular weight is 231 g/mol. The van der Waals surface area contributed by atoms with Crippen molar-refractivity contribution < 1.29 is 0 Å². The molecule has 0 nitrogen and oxygen atoms in total. The van der Waals surface area contributed by atoms with E-state index in [4.69, 9.17) is 0 Å². The molecule has 0 spiro atoms. The van der Waals surface area contributed by atoms with E-state index in [0.717, 1.165) is 5.75 Å². The third-order valence-electron chi connectivity index (χ3n) is 1.64. The van der Waals surface area contributed by atoms with E-state index in [2.05, 4.69) is 47.3 Å². The number of halogens is 1. The van der Waals surface area contributed by atoms with E-state index >= 15 is 0 Å². The van der Waals surface area contributed by atoms with E-state index in [0.29, 0.717) is 0 Å². The summed E-state index contributed by atoms with van der Waals surface area (Å²) >= 11 is 5.39. The van der Waals surface area contributed by atoms with Crippen LogP contribution in [0.15, 0.2) is 22.7 Å². The highest BCUT2D eigenvalue weighted by Gasteiger charge is 2.00. The molecule has 0 aliphatic carbocycles. The fraction of sp³-hybridized carbons (Fsp3) is 0.333. The van der Waals surface area contributed by atoms with Crippen LogP contribution >= 0.6 is 27.7 Å². The van der Waals surface area contributed by atoms with Crippen LogP contribution in [-0.2, 0) is 5.75 Å². The molecule has 0 heterocycles. The summed E-state index contributed by atoms with van der Waals surface area (Å²) in [5.41, 5.74) is 2.79. The first kappa shape index (κ1) is 9.14. The molecule has 0 N–H and O–H groups in total. The third kappa shape index (κ3) is 2.24. The van der Waals surface area contributed by atoms with Crippen molar-refractivity contribution >= 4 is 27.7 Å². The van der Waals surface area contributed by atoms with Crippen molar-refractivity contribution in [2.45, 2.75) is 12.7 Å². The molecule has 0 saturated carbocycles. The number of rotatable bonds is 2. The van der Waals surface area contributed by atoms with Gasteiger partial charge in [0.05, 0.1) is 0 Å². The standard InChI is InChI=1S/C9H11BrS/c1-7-4-3-5-9(10)8(7)6-11-2/h3-5H,6H2,1-2H3. The van der Waals surface area contributed by atoms with Gasteiger partial charge in [0, 0.05) is 10.2 Å². The number of hydrogen-bond donors (Lipinski definition) is 0. The number of hydrogen-bond acceptors (Lipinski definition) is 1. The van der Waals surface area contributed by atoms with Crippen LogP contribution in [0.25, 0.3) is 0 Å². The fourth-order valence-electron chi connectivity index (χ4n) is 0.994. The molecule has 0 fully saturated rings. The SMILES string of the molecule is CSCc1c(C)cccc1Br. The van der Waals surface area contributed by atoms with Gasteiger partial charge in [0.15, 0.2) is 0 Å². The highest BCUT2D eigenvalue weighted by atomic mass is 79.9. The molecule has 0 atom stereocenters. The maximum atomic E-state index is 3.53. The molecular formula is C9H11BrS. The van der Waals surface area contributed by atoms with Crippen molar-refractivity contribution in [2.24, 2.45) is 0 Å². The average Bonchev–Trinajstić information content (AvgIpc) is 1.97. The van der Waals surface area contributed by atoms with Gasteiger partial charge >= 0.3 is 0 Å². The van der Waals surface area contributed by atoms with Crippen molar-refractivity contribution in [2.75, 3.05) is 6.26 Å². The Morgan fingerprint density at radius 2 is 2.18 bits per heavy atom. The quantitative estimate of drug-likeness (QED) is 0.749. The second-order valence-electron chi connectivity index (χ2n) is 2.47. The Bertz CT molecular complexity index is 225. The van der Waals surface area contributed by atoms with Gasteiger partial charge in [-0.15, -0.1) is 0 Å². The van der Waals surface area contributed by atoms with E-state index < -0.39 is 0 Å². The maximum Gasteiger partial charge on any atom is 0.0218 e. The summed E-state index contributed by atoms with van der Waals surface area (Å²) in [6.45, 7) is 2.15. The van der Waals surface area contributed by atoms with Crippen molar-refractivity contribution in [3.8, 4) is 0 Å². The van der Waals surface area contributed by atoms with Gasteiger partial charge in [0.25, 0.3) is 0 Å². The van der Waals surface area contributed by atoms with Gasteiger partial charge in [-0.1, -0.05) is 28.1 Å². The summed E-state index contributed by atoms with van der Waals surface area (Å²) < 4.78 is 1.23. The van der Waals surface area contributed by atoms with Crippen LogP contribution in [-0.4, -0.2) is 6.26 Å². The van der Waals surface area contributed by atoms with Crippen molar-refractivity contribution in [3.05, 3.63) is 33.8 Å². The fourth-order valence-corrected chi connectivity index (χ4v) is 2.46. The maximum absolute atomic E-state index is 3.53. The van der Waals surface area contributed by atoms with Crippen LogP contribution in [0.2, 0.25) is 0 Å². The van der Waals surface area contributed by atoms with E-state index in [9.17, 15) is 0 Å². The zero-order valence-electron chi connectivity index (χ0n) is 6.73. The zero-order chi connectivity index (χ0) is 8.27. The molecule has 1 aromatic rings. The van der Waals surface area contributed by atoms with Gasteiger partial charge in [-0.25, -0.2) is 0 Å². The van der Waals surface area contributed by atoms with Crippen LogP contribution in [0.3, 0.4) is 0 Å². The van der Waals surface area contributed by atoms with E-state index in [1.807, 2.05) is 11.8 Å². The molecule has 0 saturated heterocycles. The van der Waals surface area contributed by atoms with Crippen LogP contribution in [0, 0.1) is 6.92 Å². The van der Waals surface area contributed by atoms with Crippen molar-refractivity contribution in [3.63, 3.8) is 0 Å². The molecule has 0 amide bonds. The van der Waals surface area contributed by atoms with E-state index in [1.54, 1.807) is 0 Å². The first-order chi connectivity index (χ1) is 5.25. The van der Waals surface area contributed by atoms with Gasteiger partial charge in [-0.3, -0.25) is 0 Å². The Morgan fingerprint density at radius 3 is 2.73 bits per heavy atom. The lowest BCUT2D eigenvalue weighted by molar-refractivity contribution is 1.29. The Morgan fingerprint density at radius 1 is 1.45 bits per heavy atom. The Kier molecular flexibility index (Phi) is 3.46. The molecular weight excluding hydrogens is 220 g/mol. The number of thioether (sulfide) groups is 1. The summed E-state index contributed by atoms with van der Waals surface area (Å²) in [4.78, 5) is 0. The molecule has 0 bridgehead atoms. The van der Waals surface area contributed by atoms with Crippen molar-refractivity contribution in [1.82, 2.24) is 0 Å². The van der Waals surface area contributed by atoms with Crippen LogP contribution < -0.4 is 0 Å². The predicted octanol–water partition coefficient (Wildman–Crippen LogP) is 3.62. The largest absolute Gasteiger partial charge is 0.161 e. The van der Waals surface area contributed by atoms with Gasteiger partial charge in [0.2, 0.25) is 0 Å². The Hall–Kier alpha value is 0.0500. The monoisotopic (exact) mass is 230 g/mol. The molecule has 11 heavy (non-hydrogen) atoms. The molecule has 0 radical (unpaired) electrons. The third-order valence-corrected chi connectivity index (χ3v) is 2.96. The lowest BCUT2D eigenvalue weighted by atomic mass is 10.1. The molecule has 0 aromatic heterocycles. The number of aryl methyl sites for hydroxylation is 1. The van der Waals surface area contributed by atoms with Crippen LogP contribution in [0.1, 0.15) is 11.1 Å². The van der Waals surface area contributed by atoms with Gasteiger partial charge in [-0.2, -0.15) is 11.8 Å². The normalized spacial score (nSPS) is 10.1. The lowest BCUT2D eigenvalue weighted by Crippen LogP contribution is -1.86. The smallest absolute Gasteiger partial charge is 0.0218 e. The van der Waals surface area contributed by atoms with Crippen LogP contribution in [0.4, 0.5) is 0 Å². The van der Waals surface area contributed by atoms with E-state index in [1.165, 1.54) is 15.6 Å². The first-order valence-electron chi connectivity index (χ1n) is 3.48. The minimum absolute atomic E-state index is 1.09. The molecule has 0 unspecified atom stereocenters. The predicted molar refractivity (Wildman–Crippen MR) is 56.1 cm³/mol. The summed E-state index contributed by atoms with van der Waals surface area (Å²) in [6, 6.07) is 6.32. The minimum Gasteiger partial charge on any atom is -0.161 e. The molecule has 0 aliphatic rings. The van der Waals surface area contributed by atoms with Gasteiger partial charge < -0.3 is 0 Å². The summed E-state index contributed by atoms with van der Waals surface area (Å²) in [7, 11) is 0. The molecule has 1 aromatic carbocycles. The van der Waals surface area contributed by atoms with Crippen molar-refractivity contribution in [1.29, 1.82) is 0 Å². The number of benzene rings is 1. The first-order valence-corrected chi connectivity index (χ1v) is 5.67. The van der Waals surface area contributed by atoms with Gasteiger partial charge in [-0.05, 0) is 30.4 Å². The Labute approximate surface area is 80.5 Å². The molecule has 0 aliphatic heterocycles. The van der Waals surface area contributed by atoms with Crippen LogP contribution in [0.5, 0.6) is 0 Å². The van der Waals surface area contributed by atoms with E-state index in [-0.39, 0.29) is 0 Å². The Balaban J connectivity index is 3.00. The topological polar surface area (TPSA) is 0 Å².